The molecule has 1 saturated heterocycles. The van der Waals surface area contributed by atoms with Crippen LogP contribution in [0.3, 0.4) is 0 Å². The molecule has 4 heteroatoms. The minimum Gasteiger partial charge on any atom is -0.496 e. The van der Waals surface area contributed by atoms with Gasteiger partial charge in [-0.05, 0) is 42.9 Å². The Morgan fingerprint density at radius 1 is 1.40 bits per heavy atom. The van der Waals surface area contributed by atoms with Crippen molar-refractivity contribution in [3.8, 4) is 5.75 Å². The third-order valence-electron chi connectivity index (χ3n) is 3.99. The van der Waals surface area contributed by atoms with E-state index in [9.17, 15) is 4.79 Å². The molecule has 1 aromatic carbocycles. The number of benzene rings is 1. The van der Waals surface area contributed by atoms with E-state index in [1.54, 1.807) is 7.11 Å². The maximum absolute atomic E-state index is 12.1. The second-order valence-electron chi connectivity index (χ2n) is 5.63. The van der Waals surface area contributed by atoms with Gasteiger partial charge < -0.3 is 15.0 Å². The highest BCUT2D eigenvalue weighted by molar-refractivity contribution is 5.74. The van der Waals surface area contributed by atoms with Crippen LogP contribution in [-0.2, 0) is 6.54 Å². The molecule has 4 nitrogen and oxygen atoms in total. The van der Waals surface area contributed by atoms with Gasteiger partial charge in [0, 0.05) is 19.6 Å². The van der Waals surface area contributed by atoms with Gasteiger partial charge in [-0.15, -0.1) is 0 Å². The van der Waals surface area contributed by atoms with Crippen molar-refractivity contribution >= 4 is 6.03 Å². The number of methoxy groups -OCH3 is 1. The summed E-state index contributed by atoms with van der Waals surface area (Å²) in [5, 5.41) is 2.99. The van der Waals surface area contributed by atoms with Crippen LogP contribution in [0, 0.1) is 12.8 Å². The smallest absolute Gasteiger partial charge is 0.317 e. The molecule has 2 rings (SSSR count). The number of nitrogens with one attached hydrogen (secondary N) is 1. The Morgan fingerprint density at radius 3 is 2.75 bits per heavy atom. The lowest BCUT2D eigenvalue weighted by molar-refractivity contribution is 0.173. The average Bonchev–Trinajstić information content (AvgIpc) is 2.46. The third-order valence-corrected chi connectivity index (χ3v) is 3.99. The van der Waals surface area contributed by atoms with Crippen LogP contribution in [0.1, 0.15) is 30.9 Å². The van der Waals surface area contributed by atoms with Gasteiger partial charge in [-0.25, -0.2) is 4.79 Å². The number of carbonyl (C=O) groups excluding carboxylic acids is 1. The lowest BCUT2D eigenvalue weighted by atomic mass is 10.00. The Labute approximate surface area is 121 Å². The zero-order valence-electron chi connectivity index (χ0n) is 12.6. The van der Waals surface area contributed by atoms with E-state index in [-0.39, 0.29) is 6.03 Å². The van der Waals surface area contributed by atoms with E-state index in [1.807, 2.05) is 30.0 Å². The van der Waals surface area contributed by atoms with E-state index in [0.29, 0.717) is 6.54 Å². The molecule has 0 saturated carbocycles. The van der Waals surface area contributed by atoms with Crippen LogP contribution in [0.15, 0.2) is 18.2 Å². The standard InChI is InChI=1S/C16H24N2O2/c1-12-6-8-18(9-7-12)16(19)17-11-14-5-4-13(2)15(10-14)20-3/h4-5,10,12H,6-9,11H2,1-3H3,(H,17,19). The topological polar surface area (TPSA) is 41.6 Å². The van der Waals surface area contributed by atoms with Gasteiger partial charge in [-0.2, -0.15) is 0 Å². The van der Waals surface area contributed by atoms with Crippen LogP contribution in [0.4, 0.5) is 4.79 Å². The first-order valence-electron chi connectivity index (χ1n) is 7.26. The highest BCUT2D eigenvalue weighted by Crippen LogP contribution is 2.19. The summed E-state index contributed by atoms with van der Waals surface area (Å²) in [4.78, 5) is 14.0. The number of hydrogen-bond donors (Lipinski definition) is 1. The monoisotopic (exact) mass is 276 g/mol. The molecule has 2 amide bonds. The first-order valence-corrected chi connectivity index (χ1v) is 7.26. The Morgan fingerprint density at radius 2 is 2.10 bits per heavy atom. The third kappa shape index (κ3) is 3.65. The van der Waals surface area contributed by atoms with Crippen LogP contribution >= 0.6 is 0 Å². The predicted octanol–water partition coefficient (Wildman–Crippen LogP) is 2.95. The fraction of sp³-hybridized carbons (Fsp3) is 0.562. The highest BCUT2D eigenvalue weighted by atomic mass is 16.5. The Kier molecular flexibility index (Phi) is 4.88. The number of aryl methyl sites for hydroxylation is 1. The molecular formula is C16H24N2O2. The lowest BCUT2D eigenvalue weighted by Crippen LogP contribution is -2.43. The molecule has 0 spiro atoms. The fourth-order valence-corrected chi connectivity index (χ4v) is 2.48. The molecule has 0 radical (unpaired) electrons. The summed E-state index contributed by atoms with van der Waals surface area (Å²) in [6.45, 7) is 6.53. The summed E-state index contributed by atoms with van der Waals surface area (Å²) in [5.74, 6) is 1.60. The van der Waals surface area contributed by atoms with Gasteiger partial charge in [0.2, 0.25) is 0 Å². The molecule has 1 aliphatic rings. The molecule has 1 aromatic rings. The van der Waals surface area contributed by atoms with Gasteiger partial charge >= 0.3 is 6.03 Å². The van der Waals surface area contributed by atoms with Gasteiger partial charge in [0.15, 0.2) is 0 Å². The van der Waals surface area contributed by atoms with E-state index in [1.165, 1.54) is 0 Å². The Hall–Kier alpha value is -1.71. The van der Waals surface area contributed by atoms with Crippen molar-refractivity contribution in [1.29, 1.82) is 0 Å². The lowest BCUT2D eigenvalue weighted by Gasteiger charge is -2.30. The first kappa shape index (κ1) is 14.7. The second kappa shape index (κ2) is 6.64. The molecule has 0 unspecified atom stereocenters. The van der Waals surface area contributed by atoms with E-state index >= 15 is 0 Å². The van der Waals surface area contributed by atoms with Crippen LogP contribution < -0.4 is 10.1 Å². The summed E-state index contributed by atoms with van der Waals surface area (Å²) in [7, 11) is 1.67. The number of amides is 2. The van der Waals surface area contributed by atoms with Crippen LogP contribution in [0.5, 0.6) is 5.75 Å². The summed E-state index contributed by atoms with van der Waals surface area (Å²) in [6, 6.07) is 6.06. The van der Waals surface area contributed by atoms with Crippen molar-refractivity contribution in [1.82, 2.24) is 10.2 Å². The molecule has 0 aliphatic carbocycles. The van der Waals surface area contributed by atoms with Crippen molar-refractivity contribution in [2.24, 2.45) is 5.92 Å². The number of carbonyl (C=O) groups is 1. The van der Waals surface area contributed by atoms with Crippen molar-refractivity contribution in [3.05, 3.63) is 29.3 Å². The van der Waals surface area contributed by atoms with E-state index < -0.39 is 0 Å². The van der Waals surface area contributed by atoms with Crippen LogP contribution in [0.2, 0.25) is 0 Å². The Bertz CT molecular complexity index is 466. The van der Waals surface area contributed by atoms with Crippen LogP contribution in [0.25, 0.3) is 0 Å². The van der Waals surface area contributed by atoms with E-state index in [0.717, 1.165) is 48.7 Å². The summed E-state index contributed by atoms with van der Waals surface area (Å²) in [5.41, 5.74) is 2.17. The quantitative estimate of drug-likeness (QED) is 0.922. The average molecular weight is 276 g/mol. The van der Waals surface area contributed by atoms with Gasteiger partial charge in [0.25, 0.3) is 0 Å². The Balaban J connectivity index is 1.87. The maximum atomic E-state index is 12.1. The first-order chi connectivity index (χ1) is 9.60. The molecule has 1 N–H and O–H groups in total. The van der Waals surface area contributed by atoms with Crippen molar-refractivity contribution < 1.29 is 9.53 Å². The van der Waals surface area contributed by atoms with E-state index in [4.69, 9.17) is 4.74 Å². The van der Waals surface area contributed by atoms with Gasteiger partial charge in [0.05, 0.1) is 7.11 Å². The van der Waals surface area contributed by atoms with Crippen LogP contribution in [-0.4, -0.2) is 31.1 Å². The number of urea groups is 1. The normalized spacial score (nSPS) is 16.1. The summed E-state index contributed by atoms with van der Waals surface area (Å²) in [6.07, 6.45) is 2.21. The molecule has 0 bridgehead atoms. The number of hydrogen-bond acceptors (Lipinski definition) is 2. The van der Waals surface area contributed by atoms with Crippen molar-refractivity contribution in [2.75, 3.05) is 20.2 Å². The van der Waals surface area contributed by atoms with Gasteiger partial charge in [-0.3, -0.25) is 0 Å². The largest absolute Gasteiger partial charge is 0.496 e. The molecule has 1 fully saturated rings. The predicted molar refractivity (Wildman–Crippen MR) is 79.9 cm³/mol. The molecule has 0 atom stereocenters. The molecular weight excluding hydrogens is 252 g/mol. The number of rotatable bonds is 3. The fourth-order valence-electron chi connectivity index (χ4n) is 2.48. The number of nitrogens with zero attached hydrogens (tertiary/aromatic N) is 1. The number of likely N-dealkylation sites (tertiary alicyclic amines) is 1. The molecule has 0 aromatic heterocycles. The molecule has 1 aliphatic heterocycles. The van der Waals surface area contributed by atoms with Crippen molar-refractivity contribution in [3.63, 3.8) is 0 Å². The minimum absolute atomic E-state index is 0.0384. The highest BCUT2D eigenvalue weighted by Gasteiger charge is 2.19. The molecule has 1 heterocycles. The zero-order valence-corrected chi connectivity index (χ0v) is 12.6. The van der Waals surface area contributed by atoms with Gasteiger partial charge in [0.1, 0.15) is 5.75 Å². The molecule has 20 heavy (non-hydrogen) atoms. The number of piperidine rings is 1. The maximum Gasteiger partial charge on any atom is 0.317 e. The summed E-state index contributed by atoms with van der Waals surface area (Å²) >= 11 is 0. The summed E-state index contributed by atoms with van der Waals surface area (Å²) < 4.78 is 5.30. The van der Waals surface area contributed by atoms with E-state index in [2.05, 4.69) is 12.2 Å². The minimum atomic E-state index is 0.0384. The van der Waals surface area contributed by atoms with Gasteiger partial charge in [-0.1, -0.05) is 19.1 Å². The second-order valence-corrected chi connectivity index (χ2v) is 5.63. The zero-order chi connectivity index (χ0) is 14.5. The SMILES string of the molecule is COc1cc(CNC(=O)N2CCC(C)CC2)ccc1C. The van der Waals surface area contributed by atoms with Crippen molar-refractivity contribution in [2.45, 2.75) is 33.2 Å². The number of ether oxygens (including phenoxy) is 1. The molecule has 110 valence electrons.